The van der Waals surface area contributed by atoms with Crippen molar-refractivity contribution >= 4 is 5.78 Å². The molecule has 0 atom stereocenters. The number of hydrogen-bond donors (Lipinski definition) is 0. The highest BCUT2D eigenvalue weighted by atomic mass is 16.1. The van der Waals surface area contributed by atoms with E-state index in [0.717, 1.165) is 5.69 Å². The SMILES string of the molecule is CCC(=O)c1cccc[n+]1C. The molecule has 0 saturated carbocycles. The zero-order valence-electron chi connectivity index (χ0n) is 6.87. The second-order valence-electron chi connectivity index (χ2n) is 2.47. The first-order chi connectivity index (χ1) is 5.25. The fraction of sp³-hybridized carbons (Fsp3) is 0.333. The molecule has 0 saturated heterocycles. The van der Waals surface area contributed by atoms with Crippen molar-refractivity contribution in [1.82, 2.24) is 0 Å². The lowest BCUT2D eigenvalue weighted by molar-refractivity contribution is -0.673. The maximum absolute atomic E-state index is 11.2. The van der Waals surface area contributed by atoms with E-state index in [9.17, 15) is 4.79 Å². The summed E-state index contributed by atoms with van der Waals surface area (Å²) in [5.41, 5.74) is 0.773. The minimum absolute atomic E-state index is 0.188. The maximum atomic E-state index is 11.2. The Morgan fingerprint density at radius 2 is 2.27 bits per heavy atom. The summed E-state index contributed by atoms with van der Waals surface area (Å²) in [6, 6.07) is 5.63. The van der Waals surface area contributed by atoms with Crippen LogP contribution in [0.15, 0.2) is 24.4 Å². The molecule has 11 heavy (non-hydrogen) atoms. The lowest BCUT2D eigenvalue weighted by atomic mass is 10.2. The first-order valence-electron chi connectivity index (χ1n) is 3.73. The molecule has 0 amide bonds. The van der Waals surface area contributed by atoms with Gasteiger partial charge >= 0.3 is 0 Å². The molecular formula is C9H12NO+. The van der Waals surface area contributed by atoms with E-state index in [4.69, 9.17) is 0 Å². The summed E-state index contributed by atoms with van der Waals surface area (Å²) in [5.74, 6) is 0.188. The first kappa shape index (κ1) is 7.92. The molecule has 1 rings (SSSR count). The minimum atomic E-state index is 0.188. The van der Waals surface area contributed by atoms with Gasteiger partial charge < -0.3 is 0 Å². The van der Waals surface area contributed by atoms with Crippen LogP contribution >= 0.6 is 0 Å². The van der Waals surface area contributed by atoms with Crippen molar-refractivity contribution in [3.63, 3.8) is 0 Å². The zero-order valence-corrected chi connectivity index (χ0v) is 6.87. The van der Waals surface area contributed by atoms with Crippen molar-refractivity contribution in [2.75, 3.05) is 0 Å². The van der Waals surface area contributed by atoms with Crippen LogP contribution in [-0.2, 0) is 7.05 Å². The van der Waals surface area contributed by atoms with Crippen LogP contribution in [0.4, 0.5) is 0 Å². The molecule has 0 bridgehead atoms. The molecule has 0 aliphatic heterocycles. The van der Waals surface area contributed by atoms with Crippen molar-refractivity contribution in [2.24, 2.45) is 7.05 Å². The van der Waals surface area contributed by atoms with Crippen molar-refractivity contribution in [3.8, 4) is 0 Å². The number of hydrogen-bond acceptors (Lipinski definition) is 1. The van der Waals surface area contributed by atoms with Gasteiger partial charge in [0.05, 0.1) is 0 Å². The Morgan fingerprint density at radius 3 is 2.82 bits per heavy atom. The van der Waals surface area contributed by atoms with Crippen LogP contribution in [0, 0.1) is 0 Å². The van der Waals surface area contributed by atoms with E-state index in [1.165, 1.54) is 0 Å². The number of nitrogens with zero attached hydrogens (tertiary/aromatic N) is 1. The van der Waals surface area contributed by atoms with E-state index in [2.05, 4.69) is 0 Å². The predicted molar refractivity (Wildman–Crippen MR) is 42.2 cm³/mol. The number of aryl methyl sites for hydroxylation is 1. The summed E-state index contributed by atoms with van der Waals surface area (Å²) in [7, 11) is 1.88. The van der Waals surface area contributed by atoms with Crippen LogP contribution < -0.4 is 4.57 Å². The van der Waals surface area contributed by atoms with Crippen LogP contribution in [0.25, 0.3) is 0 Å². The summed E-state index contributed by atoms with van der Waals surface area (Å²) in [5, 5.41) is 0. The molecule has 0 N–H and O–H groups in total. The van der Waals surface area contributed by atoms with Gasteiger partial charge in [0, 0.05) is 18.6 Å². The second-order valence-corrected chi connectivity index (χ2v) is 2.47. The Bertz CT molecular complexity index is 268. The normalized spacial score (nSPS) is 9.64. The summed E-state index contributed by atoms with van der Waals surface area (Å²) in [6.45, 7) is 1.87. The van der Waals surface area contributed by atoms with Gasteiger partial charge in [0.2, 0.25) is 11.5 Å². The number of carbonyl (C=O) groups excluding carboxylic acids is 1. The Balaban J connectivity index is 3.03. The monoisotopic (exact) mass is 150 g/mol. The van der Waals surface area contributed by atoms with Gasteiger partial charge in [-0.1, -0.05) is 6.92 Å². The molecule has 0 spiro atoms. The highest BCUT2D eigenvalue weighted by Crippen LogP contribution is 1.95. The quantitative estimate of drug-likeness (QED) is 0.457. The van der Waals surface area contributed by atoms with Gasteiger partial charge in [-0.2, -0.15) is 4.57 Å². The van der Waals surface area contributed by atoms with Gasteiger partial charge in [0.1, 0.15) is 7.05 Å². The fourth-order valence-corrected chi connectivity index (χ4v) is 0.994. The molecule has 0 aromatic carbocycles. The van der Waals surface area contributed by atoms with Gasteiger partial charge in [0.25, 0.3) is 0 Å². The zero-order chi connectivity index (χ0) is 8.27. The largest absolute Gasteiger partial charge is 0.287 e. The molecule has 0 aliphatic rings. The standard InChI is InChI=1S/C9H12NO/c1-3-9(11)8-6-4-5-7-10(8)2/h4-7H,3H2,1-2H3/q+1. The summed E-state index contributed by atoms with van der Waals surface area (Å²) < 4.78 is 1.84. The van der Waals surface area contributed by atoms with Crippen molar-refractivity contribution < 1.29 is 9.36 Å². The summed E-state index contributed by atoms with van der Waals surface area (Å²) in [4.78, 5) is 11.2. The van der Waals surface area contributed by atoms with Crippen LogP contribution in [0.3, 0.4) is 0 Å². The molecule has 58 valence electrons. The van der Waals surface area contributed by atoms with E-state index in [1.807, 2.05) is 42.9 Å². The third-order valence-electron chi connectivity index (χ3n) is 1.66. The van der Waals surface area contributed by atoms with E-state index in [-0.39, 0.29) is 5.78 Å². The van der Waals surface area contributed by atoms with Gasteiger partial charge in [0.15, 0.2) is 6.20 Å². The highest BCUT2D eigenvalue weighted by molar-refractivity contribution is 5.92. The topological polar surface area (TPSA) is 20.9 Å². The van der Waals surface area contributed by atoms with Crippen LogP contribution in [0.1, 0.15) is 23.8 Å². The van der Waals surface area contributed by atoms with E-state index in [0.29, 0.717) is 6.42 Å². The average Bonchev–Trinajstić information content (AvgIpc) is 2.04. The number of ketones is 1. The van der Waals surface area contributed by atoms with E-state index < -0.39 is 0 Å². The van der Waals surface area contributed by atoms with E-state index in [1.54, 1.807) is 0 Å². The first-order valence-corrected chi connectivity index (χ1v) is 3.73. The van der Waals surface area contributed by atoms with Crippen LogP contribution in [-0.4, -0.2) is 5.78 Å². The smallest absolute Gasteiger partial charge is 0.248 e. The van der Waals surface area contributed by atoms with Crippen LogP contribution in [0.2, 0.25) is 0 Å². The molecule has 0 radical (unpaired) electrons. The van der Waals surface area contributed by atoms with Crippen molar-refractivity contribution in [2.45, 2.75) is 13.3 Å². The molecule has 2 nitrogen and oxygen atoms in total. The molecule has 1 heterocycles. The Kier molecular flexibility index (Phi) is 2.36. The fourth-order valence-electron chi connectivity index (χ4n) is 0.994. The van der Waals surface area contributed by atoms with E-state index >= 15 is 0 Å². The number of aromatic nitrogens is 1. The molecule has 1 aromatic heterocycles. The molecular weight excluding hydrogens is 138 g/mol. The minimum Gasteiger partial charge on any atom is -0.287 e. The summed E-state index contributed by atoms with van der Waals surface area (Å²) in [6.07, 6.45) is 2.45. The Hall–Kier alpha value is -1.18. The average molecular weight is 150 g/mol. The number of rotatable bonds is 2. The van der Waals surface area contributed by atoms with Crippen molar-refractivity contribution in [1.29, 1.82) is 0 Å². The van der Waals surface area contributed by atoms with Crippen LogP contribution in [0.5, 0.6) is 0 Å². The van der Waals surface area contributed by atoms with Gasteiger partial charge in [-0.05, 0) is 6.07 Å². The molecule has 0 fully saturated rings. The Morgan fingerprint density at radius 1 is 1.55 bits per heavy atom. The third-order valence-corrected chi connectivity index (χ3v) is 1.66. The lowest BCUT2D eigenvalue weighted by Crippen LogP contribution is -2.35. The van der Waals surface area contributed by atoms with Crippen molar-refractivity contribution in [3.05, 3.63) is 30.1 Å². The third kappa shape index (κ3) is 1.64. The number of carbonyl (C=O) groups is 1. The molecule has 0 aliphatic carbocycles. The molecule has 1 aromatic rings. The number of pyridine rings is 1. The Labute approximate surface area is 66.5 Å². The lowest BCUT2D eigenvalue weighted by Gasteiger charge is -1.94. The van der Waals surface area contributed by atoms with Gasteiger partial charge in [-0.25, -0.2) is 0 Å². The second kappa shape index (κ2) is 3.28. The highest BCUT2D eigenvalue weighted by Gasteiger charge is 2.11. The van der Waals surface area contributed by atoms with Gasteiger partial charge in [-0.3, -0.25) is 4.79 Å². The summed E-state index contributed by atoms with van der Waals surface area (Å²) >= 11 is 0. The van der Waals surface area contributed by atoms with Gasteiger partial charge in [-0.15, -0.1) is 0 Å². The maximum Gasteiger partial charge on any atom is 0.248 e. The molecule has 2 heteroatoms. The molecule has 0 unspecified atom stereocenters. The number of Topliss-reactive ketones (excluding diaryl/α,β-unsaturated/α-hetero) is 1. The predicted octanol–water partition coefficient (Wildman–Crippen LogP) is 1.10.